The number of nitrogens with zero attached hydrogens (tertiary/aromatic N) is 1. The third-order valence-electron chi connectivity index (χ3n) is 1.53. The zero-order valence-corrected chi connectivity index (χ0v) is 7.65. The molecule has 0 bridgehead atoms. The Morgan fingerprint density at radius 1 is 1.43 bits per heavy atom. The second kappa shape index (κ2) is 4.02. The average molecular weight is 226 g/mol. The summed E-state index contributed by atoms with van der Waals surface area (Å²) in [6.07, 6.45) is -4.52. The molecule has 7 heteroatoms. The van der Waals surface area contributed by atoms with Crippen molar-refractivity contribution in [2.45, 2.75) is 12.7 Å². The quantitative estimate of drug-likeness (QED) is 0.756. The van der Waals surface area contributed by atoms with Crippen LogP contribution in [-0.2, 0) is 12.7 Å². The number of nitrogens with two attached hydrogens (primary N) is 1. The third kappa shape index (κ3) is 2.49. The Balaban J connectivity index is 3.16. The molecule has 0 fully saturated rings. The van der Waals surface area contributed by atoms with Gasteiger partial charge in [-0.3, -0.25) is 0 Å². The number of hydrogen-bond acceptors (Lipinski definition) is 3. The van der Waals surface area contributed by atoms with Crippen molar-refractivity contribution in [2.24, 2.45) is 0 Å². The number of hydrogen-bond donors (Lipinski definition) is 2. The zero-order valence-electron chi connectivity index (χ0n) is 6.90. The summed E-state index contributed by atoms with van der Waals surface area (Å²) in [6.45, 7) is -0.121. The van der Waals surface area contributed by atoms with Crippen molar-refractivity contribution >= 4 is 17.6 Å². The topological polar surface area (TPSA) is 50.9 Å². The van der Waals surface area contributed by atoms with Crippen molar-refractivity contribution in [3.05, 3.63) is 23.4 Å². The van der Waals surface area contributed by atoms with Crippen LogP contribution in [0, 0.1) is 0 Å². The number of aromatic nitrogens is 1. The van der Waals surface area contributed by atoms with E-state index in [-0.39, 0.29) is 17.9 Å². The molecule has 0 saturated heterocycles. The number of halogens is 4. The molecule has 1 aromatic rings. The lowest BCUT2D eigenvalue weighted by atomic mass is 10.2. The predicted octanol–water partition coefficient (Wildman–Crippen LogP) is 1.93. The molecular formula is C7H7ClF3N3. The van der Waals surface area contributed by atoms with Gasteiger partial charge in [0.05, 0.1) is 0 Å². The molecule has 0 aliphatic carbocycles. The van der Waals surface area contributed by atoms with Crippen LogP contribution in [0.5, 0.6) is 0 Å². The van der Waals surface area contributed by atoms with Crippen molar-refractivity contribution in [1.82, 2.24) is 9.82 Å². The lowest BCUT2D eigenvalue weighted by Gasteiger charge is -2.11. The summed E-state index contributed by atoms with van der Waals surface area (Å²) in [7, 11) is 0. The third-order valence-corrected chi connectivity index (χ3v) is 1.66. The summed E-state index contributed by atoms with van der Waals surface area (Å²) in [4.78, 5) is 5.32. The van der Waals surface area contributed by atoms with Crippen LogP contribution >= 0.6 is 11.8 Å². The van der Waals surface area contributed by atoms with Crippen molar-refractivity contribution < 1.29 is 13.2 Å². The summed E-state index contributed by atoms with van der Waals surface area (Å²) in [5.74, 6) is -0.171. The highest BCUT2D eigenvalue weighted by atomic mass is 35.5. The van der Waals surface area contributed by atoms with Crippen LogP contribution in [0.25, 0.3) is 0 Å². The van der Waals surface area contributed by atoms with Gasteiger partial charge < -0.3 is 5.73 Å². The molecule has 0 spiro atoms. The Labute approximate surface area is 83.2 Å². The van der Waals surface area contributed by atoms with Gasteiger partial charge in [-0.25, -0.2) is 9.82 Å². The molecule has 1 heterocycles. The van der Waals surface area contributed by atoms with Crippen molar-refractivity contribution in [1.29, 1.82) is 0 Å². The Morgan fingerprint density at radius 2 is 2.07 bits per heavy atom. The Bertz CT molecular complexity index is 326. The maximum absolute atomic E-state index is 12.4. The molecule has 0 radical (unpaired) electrons. The number of alkyl halides is 3. The van der Waals surface area contributed by atoms with Crippen molar-refractivity contribution in [3.8, 4) is 0 Å². The molecule has 14 heavy (non-hydrogen) atoms. The van der Waals surface area contributed by atoms with Gasteiger partial charge in [0.1, 0.15) is 5.82 Å². The monoisotopic (exact) mass is 225 g/mol. The number of nitrogens with one attached hydrogen (secondary N) is 1. The van der Waals surface area contributed by atoms with Gasteiger partial charge in [0.15, 0.2) is 5.69 Å². The highest BCUT2D eigenvalue weighted by Crippen LogP contribution is 2.30. The van der Waals surface area contributed by atoms with Crippen LogP contribution in [0.15, 0.2) is 12.1 Å². The Kier molecular flexibility index (Phi) is 3.17. The lowest BCUT2D eigenvalue weighted by molar-refractivity contribution is -0.141. The molecule has 0 aliphatic rings. The highest BCUT2D eigenvalue weighted by molar-refractivity contribution is 6.13. The number of pyridine rings is 1. The molecule has 78 valence electrons. The first-order valence-electron chi connectivity index (χ1n) is 3.61. The van der Waals surface area contributed by atoms with E-state index in [1.807, 2.05) is 0 Å². The van der Waals surface area contributed by atoms with E-state index >= 15 is 0 Å². The van der Waals surface area contributed by atoms with Gasteiger partial charge in [-0.05, 0) is 23.4 Å². The van der Waals surface area contributed by atoms with E-state index in [0.29, 0.717) is 0 Å². The van der Waals surface area contributed by atoms with Crippen LogP contribution in [0.3, 0.4) is 0 Å². The molecular weight excluding hydrogens is 219 g/mol. The van der Waals surface area contributed by atoms with Crippen LogP contribution in [0.1, 0.15) is 11.3 Å². The minimum absolute atomic E-state index is 0.0401. The van der Waals surface area contributed by atoms with Crippen molar-refractivity contribution in [3.63, 3.8) is 0 Å². The summed E-state index contributed by atoms with van der Waals surface area (Å²) in [5.41, 5.74) is 4.11. The lowest BCUT2D eigenvalue weighted by Crippen LogP contribution is -2.15. The maximum atomic E-state index is 12.4. The van der Waals surface area contributed by atoms with Gasteiger partial charge in [-0.1, -0.05) is 6.07 Å². The van der Waals surface area contributed by atoms with E-state index < -0.39 is 11.9 Å². The molecule has 0 aliphatic heterocycles. The summed E-state index contributed by atoms with van der Waals surface area (Å²) in [6, 6.07) is 2.53. The standard InChI is InChI=1S/C7H7ClF3N3/c8-13-3-4-1-2-5(12)14-6(4)7(9,10)11/h1-2,13H,3H2,(H2,12,14). The first-order valence-corrected chi connectivity index (χ1v) is 3.99. The number of rotatable bonds is 2. The normalized spacial score (nSPS) is 11.7. The Morgan fingerprint density at radius 3 is 2.57 bits per heavy atom. The van der Waals surface area contributed by atoms with Gasteiger partial charge in [-0.15, -0.1) is 0 Å². The van der Waals surface area contributed by atoms with Crippen molar-refractivity contribution in [2.75, 3.05) is 5.73 Å². The van der Waals surface area contributed by atoms with Crippen LogP contribution in [0.4, 0.5) is 19.0 Å². The fourth-order valence-corrected chi connectivity index (χ4v) is 1.11. The molecule has 0 saturated carbocycles. The second-order valence-electron chi connectivity index (χ2n) is 2.55. The predicted molar refractivity (Wildman–Crippen MR) is 46.3 cm³/mol. The largest absolute Gasteiger partial charge is 0.433 e. The fourth-order valence-electron chi connectivity index (χ4n) is 0.963. The molecule has 0 aromatic carbocycles. The van der Waals surface area contributed by atoms with Gasteiger partial charge in [0, 0.05) is 6.54 Å². The van der Waals surface area contributed by atoms with Crippen LogP contribution in [-0.4, -0.2) is 4.98 Å². The maximum Gasteiger partial charge on any atom is 0.433 e. The zero-order chi connectivity index (χ0) is 10.8. The molecule has 1 rings (SSSR count). The Hall–Kier alpha value is -1.01. The van der Waals surface area contributed by atoms with Gasteiger partial charge >= 0.3 is 6.18 Å². The minimum atomic E-state index is -4.52. The first kappa shape index (κ1) is 11.1. The van der Waals surface area contributed by atoms with E-state index in [1.54, 1.807) is 0 Å². The number of anilines is 1. The fraction of sp³-hybridized carbons (Fsp3) is 0.286. The van der Waals surface area contributed by atoms with E-state index in [0.717, 1.165) is 0 Å². The summed E-state index contributed by atoms with van der Waals surface area (Å²) >= 11 is 5.12. The molecule has 0 unspecified atom stereocenters. The molecule has 0 amide bonds. The summed E-state index contributed by atoms with van der Waals surface area (Å²) in [5, 5.41) is 0. The van der Waals surface area contributed by atoms with E-state index in [2.05, 4.69) is 9.82 Å². The minimum Gasteiger partial charge on any atom is -0.384 e. The van der Waals surface area contributed by atoms with E-state index in [1.165, 1.54) is 12.1 Å². The summed E-state index contributed by atoms with van der Waals surface area (Å²) < 4.78 is 37.1. The van der Waals surface area contributed by atoms with E-state index in [9.17, 15) is 13.2 Å². The van der Waals surface area contributed by atoms with Gasteiger partial charge in [0.25, 0.3) is 0 Å². The molecule has 3 N–H and O–H groups in total. The van der Waals surface area contributed by atoms with E-state index in [4.69, 9.17) is 17.5 Å². The van der Waals surface area contributed by atoms with Gasteiger partial charge in [-0.2, -0.15) is 13.2 Å². The molecule has 1 aromatic heterocycles. The van der Waals surface area contributed by atoms with Crippen LogP contribution < -0.4 is 10.6 Å². The van der Waals surface area contributed by atoms with Crippen LogP contribution in [0.2, 0.25) is 0 Å². The molecule has 0 atom stereocenters. The smallest absolute Gasteiger partial charge is 0.384 e. The van der Waals surface area contributed by atoms with Gasteiger partial charge in [0.2, 0.25) is 0 Å². The molecule has 3 nitrogen and oxygen atoms in total. The first-order chi connectivity index (χ1) is 6.45. The highest BCUT2D eigenvalue weighted by Gasteiger charge is 2.35. The number of nitrogen functional groups attached to an aromatic ring is 1. The average Bonchev–Trinajstić information content (AvgIpc) is 2.07. The second-order valence-corrected chi connectivity index (χ2v) is 2.82. The SMILES string of the molecule is Nc1ccc(CNCl)c(C(F)(F)F)n1.